The molecule has 0 saturated carbocycles. The van der Waals surface area contributed by atoms with Crippen LogP contribution in [0.25, 0.3) is 0 Å². The van der Waals surface area contributed by atoms with Crippen LogP contribution in [0, 0.1) is 0 Å². The van der Waals surface area contributed by atoms with E-state index in [4.69, 9.17) is 4.74 Å². The van der Waals surface area contributed by atoms with Gasteiger partial charge >= 0.3 is 5.97 Å². The molecule has 1 amide bonds. The van der Waals surface area contributed by atoms with Gasteiger partial charge in [0, 0.05) is 4.90 Å². The number of ether oxygens (including phenoxy) is 1. The quantitative estimate of drug-likeness (QED) is 0.643. The summed E-state index contributed by atoms with van der Waals surface area (Å²) < 4.78 is 4.75. The van der Waals surface area contributed by atoms with Crippen LogP contribution in [0.15, 0.2) is 59.5 Å². The second-order valence-corrected chi connectivity index (χ2v) is 6.13. The maximum absolute atomic E-state index is 12.5. The number of carbonyl (C=O) groups is 2. The predicted molar refractivity (Wildman–Crippen MR) is 92.8 cm³/mol. The first-order valence-corrected chi connectivity index (χ1v) is 8.23. The van der Waals surface area contributed by atoms with Crippen molar-refractivity contribution in [1.82, 2.24) is 0 Å². The Bertz CT molecular complexity index is 673. The van der Waals surface area contributed by atoms with Crippen molar-refractivity contribution in [3.05, 3.63) is 60.2 Å². The Hall–Kier alpha value is -2.27. The van der Waals surface area contributed by atoms with Crippen LogP contribution in [-0.2, 0) is 9.53 Å². The van der Waals surface area contributed by atoms with Crippen molar-refractivity contribution in [2.45, 2.75) is 23.5 Å². The Morgan fingerprint density at radius 1 is 1.09 bits per heavy atom. The summed E-state index contributed by atoms with van der Waals surface area (Å²) in [5, 5.41) is 2.60. The van der Waals surface area contributed by atoms with Crippen molar-refractivity contribution in [1.29, 1.82) is 0 Å². The zero-order chi connectivity index (χ0) is 16.7. The number of rotatable bonds is 6. The molecule has 0 aliphatic carbocycles. The van der Waals surface area contributed by atoms with Gasteiger partial charge in [0.2, 0.25) is 5.91 Å². The number of nitrogens with one attached hydrogen (secondary N) is 1. The molecule has 1 N–H and O–H groups in total. The summed E-state index contributed by atoms with van der Waals surface area (Å²) in [7, 11) is 1.32. The average Bonchev–Trinajstić information content (AvgIpc) is 2.60. The van der Waals surface area contributed by atoms with E-state index in [2.05, 4.69) is 5.32 Å². The van der Waals surface area contributed by atoms with E-state index in [0.717, 1.165) is 4.90 Å². The van der Waals surface area contributed by atoms with Gasteiger partial charge in [-0.25, -0.2) is 4.79 Å². The number of anilines is 1. The van der Waals surface area contributed by atoms with Gasteiger partial charge in [-0.2, -0.15) is 0 Å². The molecule has 0 bridgehead atoms. The molecule has 0 fully saturated rings. The molecular formula is C18H19NO3S. The fraction of sp³-hybridized carbons (Fsp3) is 0.222. The maximum atomic E-state index is 12.5. The lowest BCUT2D eigenvalue weighted by Crippen LogP contribution is -2.25. The second kappa shape index (κ2) is 8.39. The van der Waals surface area contributed by atoms with Gasteiger partial charge in [0.25, 0.3) is 0 Å². The number of hydrogen-bond acceptors (Lipinski definition) is 4. The van der Waals surface area contributed by atoms with Crippen molar-refractivity contribution in [3.63, 3.8) is 0 Å². The van der Waals surface area contributed by atoms with Gasteiger partial charge in [-0.15, -0.1) is 11.8 Å². The minimum absolute atomic E-state index is 0.127. The maximum Gasteiger partial charge on any atom is 0.339 e. The van der Waals surface area contributed by atoms with Crippen molar-refractivity contribution < 1.29 is 14.3 Å². The lowest BCUT2D eigenvalue weighted by molar-refractivity contribution is -0.115. The minimum atomic E-state index is -0.468. The summed E-state index contributed by atoms with van der Waals surface area (Å²) in [6.07, 6.45) is 0.686. The van der Waals surface area contributed by atoms with E-state index in [0.29, 0.717) is 17.7 Å². The number of esters is 1. The standard InChI is InChI=1S/C18H19NO3S/c1-3-16(23-13-9-5-4-6-10-13)17(20)19-15-12-8-7-11-14(15)18(21)22-2/h4-12,16H,3H2,1-2H3,(H,19,20). The molecule has 0 aliphatic rings. The van der Waals surface area contributed by atoms with Crippen LogP contribution >= 0.6 is 11.8 Å². The number of carbonyl (C=O) groups excluding carboxylic acids is 2. The molecule has 2 aromatic carbocycles. The summed E-state index contributed by atoms with van der Waals surface area (Å²) in [4.78, 5) is 25.3. The molecule has 1 atom stereocenters. The summed E-state index contributed by atoms with van der Waals surface area (Å²) in [6.45, 7) is 1.96. The predicted octanol–water partition coefficient (Wildman–Crippen LogP) is 3.98. The monoisotopic (exact) mass is 329 g/mol. The first-order valence-electron chi connectivity index (χ1n) is 7.35. The van der Waals surface area contributed by atoms with Gasteiger partial charge in [-0.1, -0.05) is 37.3 Å². The Morgan fingerprint density at radius 2 is 1.74 bits per heavy atom. The van der Waals surface area contributed by atoms with E-state index < -0.39 is 5.97 Å². The topological polar surface area (TPSA) is 55.4 Å². The molecule has 120 valence electrons. The van der Waals surface area contributed by atoms with E-state index in [9.17, 15) is 9.59 Å². The molecule has 0 heterocycles. The molecule has 0 aliphatic heterocycles. The third-order valence-electron chi connectivity index (χ3n) is 3.28. The minimum Gasteiger partial charge on any atom is -0.465 e. The molecule has 4 nitrogen and oxygen atoms in total. The largest absolute Gasteiger partial charge is 0.465 e. The van der Waals surface area contributed by atoms with Crippen molar-refractivity contribution in [2.75, 3.05) is 12.4 Å². The highest BCUT2D eigenvalue weighted by Gasteiger charge is 2.20. The Balaban J connectivity index is 2.12. The molecule has 0 spiro atoms. The number of methoxy groups -OCH3 is 1. The molecule has 5 heteroatoms. The molecule has 0 aromatic heterocycles. The van der Waals surface area contributed by atoms with Gasteiger partial charge in [0.1, 0.15) is 0 Å². The zero-order valence-corrected chi connectivity index (χ0v) is 13.9. The normalized spacial score (nSPS) is 11.6. The summed E-state index contributed by atoms with van der Waals surface area (Å²) in [5.41, 5.74) is 0.819. The number of amides is 1. The van der Waals surface area contributed by atoms with E-state index in [1.54, 1.807) is 24.3 Å². The lowest BCUT2D eigenvalue weighted by Gasteiger charge is -2.16. The highest BCUT2D eigenvalue weighted by Crippen LogP contribution is 2.26. The van der Waals surface area contributed by atoms with Crippen LogP contribution in [-0.4, -0.2) is 24.2 Å². The van der Waals surface area contributed by atoms with Gasteiger partial charge in [0.15, 0.2) is 0 Å². The van der Waals surface area contributed by atoms with E-state index in [1.165, 1.54) is 18.9 Å². The number of para-hydroxylation sites is 1. The third-order valence-corrected chi connectivity index (χ3v) is 4.65. The van der Waals surface area contributed by atoms with Crippen LogP contribution in [0.2, 0.25) is 0 Å². The van der Waals surface area contributed by atoms with Crippen molar-refractivity contribution in [2.24, 2.45) is 0 Å². The smallest absolute Gasteiger partial charge is 0.339 e. The Morgan fingerprint density at radius 3 is 2.39 bits per heavy atom. The van der Waals surface area contributed by atoms with Crippen LogP contribution in [0.5, 0.6) is 0 Å². The molecule has 1 unspecified atom stereocenters. The average molecular weight is 329 g/mol. The van der Waals surface area contributed by atoms with Crippen LogP contribution in [0.3, 0.4) is 0 Å². The van der Waals surface area contributed by atoms with Crippen LogP contribution in [0.1, 0.15) is 23.7 Å². The second-order valence-electron chi connectivity index (χ2n) is 4.85. The molecule has 0 radical (unpaired) electrons. The Labute approximate surface area is 140 Å². The molecular weight excluding hydrogens is 310 g/mol. The summed E-state index contributed by atoms with van der Waals surface area (Å²) in [6, 6.07) is 16.6. The summed E-state index contributed by atoms with van der Waals surface area (Å²) >= 11 is 1.51. The van der Waals surface area contributed by atoms with E-state index >= 15 is 0 Å². The van der Waals surface area contributed by atoms with E-state index in [1.807, 2.05) is 37.3 Å². The van der Waals surface area contributed by atoms with Gasteiger partial charge in [-0.3, -0.25) is 4.79 Å². The molecule has 0 saturated heterocycles. The third kappa shape index (κ3) is 4.60. The van der Waals surface area contributed by atoms with Gasteiger partial charge in [0.05, 0.1) is 23.6 Å². The highest BCUT2D eigenvalue weighted by atomic mass is 32.2. The zero-order valence-electron chi connectivity index (χ0n) is 13.1. The van der Waals surface area contributed by atoms with Gasteiger partial charge in [-0.05, 0) is 30.7 Å². The molecule has 2 rings (SSSR count). The Kier molecular flexibility index (Phi) is 6.23. The van der Waals surface area contributed by atoms with Crippen LogP contribution in [0.4, 0.5) is 5.69 Å². The fourth-order valence-corrected chi connectivity index (χ4v) is 3.05. The fourth-order valence-electron chi connectivity index (χ4n) is 2.08. The number of benzene rings is 2. The van der Waals surface area contributed by atoms with Crippen molar-refractivity contribution >= 4 is 29.3 Å². The van der Waals surface area contributed by atoms with E-state index in [-0.39, 0.29) is 11.2 Å². The number of hydrogen-bond donors (Lipinski definition) is 1. The van der Waals surface area contributed by atoms with Crippen molar-refractivity contribution in [3.8, 4) is 0 Å². The van der Waals surface area contributed by atoms with Crippen LogP contribution < -0.4 is 5.32 Å². The number of thioether (sulfide) groups is 1. The highest BCUT2D eigenvalue weighted by molar-refractivity contribution is 8.00. The van der Waals surface area contributed by atoms with Gasteiger partial charge < -0.3 is 10.1 Å². The first kappa shape index (κ1) is 17.1. The molecule has 2 aromatic rings. The first-order chi connectivity index (χ1) is 11.2. The summed E-state index contributed by atoms with van der Waals surface area (Å²) in [5.74, 6) is -0.595. The lowest BCUT2D eigenvalue weighted by atomic mass is 10.1. The molecule has 23 heavy (non-hydrogen) atoms. The SMILES string of the molecule is CCC(Sc1ccccc1)C(=O)Nc1ccccc1C(=O)OC.